The molecule has 0 bridgehead atoms. The molecule has 0 aliphatic carbocycles. The zero-order chi connectivity index (χ0) is 35.3. The van der Waals surface area contributed by atoms with Crippen molar-refractivity contribution in [3.8, 4) is 17.6 Å². The van der Waals surface area contributed by atoms with Crippen LogP contribution in [0.2, 0.25) is 5.02 Å². The number of hydrogen-bond acceptors (Lipinski definition) is 9. The molecule has 262 valence electrons. The predicted molar refractivity (Wildman–Crippen MR) is 193 cm³/mol. The van der Waals surface area contributed by atoms with Crippen LogP contribution in [-0.4, -0.2) is 67.0 Å². The van der Waals surface area contributed by atoms with E-state index in [1.54, 1.807) is 42.5 Å². The molecule has 1 aromatic heterocycles. The quantitative estimate of drug-likeness (QED) is 0.0764. The molecule has 50 heavy (non-hydrogen) atoms. The molecule has 0 radical (unpaired) electrons. The SMILES string of the molecule is CN(C/C=C/C(=O)Nc1cc2c(Nc3ccc(OCc4cccc(F)c4)c(Cl)c3)c(C#N)cnc2cc1O[C@H]1CCOC1)CCCCCCO. The number of hydrogen-bond donors (Lipinski definition) is 3. The van der Waals surface area contributed by atoms with Crippen LogP contribution in [0.1, 0.15) is 43.2 Å². The summed E-state index contributed by atoms with van der Waals surface area (Å²) >= 11 is 6.57. The molecule has 5 rings (SSSR count). The van der Waals surface area contributed by atoms with Crippen molar-refractivity contribution < 1.29 is 28.5 Å². The van der Waals surface area contributed by atoms with Crippen LogP contribution in [0, 0.1) is 17.1 Å². The predicted octanol–water partition coefficient (Wildman–Crippen LogP) is 7.37. The number of benzene rings is 3. The summed E-state index contributed by atoms with van der Waals surface area (Å²) in [6.07, 6.45) is 9.23. The molecule has 0 spiro atoms. The Morgan fingerprint density at radius 2 is 2.04 bits per heavy atom. The van der Waals surface area contributed by atoms with E-state index in [2.05, 4.69) is 26.6 Å². The summed E-state index contributed by atoms with van der Waals surface area (Å²) in [6.45, 7) is 2.89. The highest BCUT2D eigenvalue weighted by Gasteiger charge is 2.21. The molecule has 4 aromatic rings. The lowest BCUT2D eigenvalue weighted by Gasteiger charge is -2.19. The lowest BCUT2D eigenvalue weighted by Crippen LogP contribution is -2.20. The average Bonchev–Trinajstić information content (AvgIpc) is 3.61. The van der Waals surface area contributed by atoms with Crippen molar-refractivity contribution in [1.29, 1.82) is 5.26 Å². The van der Waals surface area contributed by atoms with Gasteiger partial charge in [0, 0.05) is 49.0 Å². The van der Waals surface area contributed by atoms with Crippen molar-refractivity contribution in [2.45, 2.75) is 44.8 Å². The van der Waals surface area contributed by atoms with Gasteiger partial charge in [0.05, 0.1) is 40.7 Å². The maximum absolute atomic E-state index is 13.6. The third-order valence-electron chi connectivity index (χ3n) is 8.15. The van der Waals surface area contributed by atoms with Crippen LogP contribution in [0.15, 0.2) is 72.9 Å². The van der Waals surface area contributed by atoms with Gasteiger partial charge in [-0.15, -0.1) is 0 Å². The number of ether oxygens (including phenoxy) is 3. The van der Waals surface area contributed by atoms with Crippen LogP contribution in [0.5, 0.6) is 11.5 Å². The molecule has 1 fully saturated rings. The summed E-state index contributed by atoms with van der Waals surface area (Å²) in [7, 11) is 2.00. The second-order valence-corrected chi connectivity index (χ2v) is 12.5. The van der Waals surface area contributed by atoms with Crippen molar-refractivity contribution >= 4 is 45.5 Å². The molecule has 12 heteroatoms. The molecule has 1 atom stereocenters. The molecule has 0 unspecified atom stereocenters. The zero-order valence-corrected chi connectivity index (χ0v) is 28.7. The minimum Gasteiger partial charge on any atom is -0.487 e. The van der Waals surface area contributed by atoms with Crippen molar-refractivity contribution in [3.05, 3.63) is 94.9 Å². The van der Waals surface area contributed by atoms with E-state index in [4.69, 9.17) is 30.9 Å². The number of anilines is 3. The Labute approximate surface area is 296 Å². The second kappa shape index (κ2) is 18.3. The molecule has 1 aliphatic heterocycles. The smallest absolute Gasteiger partial charge is 0.248 e. The van der Waals surface area contributed by atoms with Crippen LogP contribution in [0.4, 0.5) is 21.5 Å². The third kappa shape index (κ3) is 10.4. The fraction of sp³-hybridized carbons (Fsp3) is 0.342. The highest BCUT2D eigenvalue weighted by molar-refractivity contribution is 6.32. The Morgan fingerprint density at radius 1 is 1.18 bits per heavy atom. The van der Waals surface area contributed by atoms with Gasteiger partial charge in [0.15, 0.2) is 0 Å². The van der Waals surface area contributed by atoms with E-state index in [0.29, 0.717) is 76.2 Å². The molecule has 2 heterocycles. The number of aliphatic hydroxyl groups is 1. The summed E-state index contributed by atoms with van der Waals surface area (Å²) in [5.74, 6) is 0.191. The van der Waals surface area contributed by atoms with Crippen LogP contribution >= 0.6 is 11.6 Å². The minimum absolute atomic E-state index is 0.141. The van der Waals surface area contributed by atoms with Gasteiger partial charge < -0.3 is 34.9 Å². The molecule has 1 saturated heterocycles. The maximum Gasteiger partial charge on any atom is 0.248 e. The lowest BCUT2D eigenvalue weighted by atomic mass is 10.1. The number of aliphatic hydroxyl groups excluding tert-OH is 1. The fourth-order valence-electron chi connectivity index (χ4n) is 5.50. The molecular formula is C38H41ClFN5O5. The number of fused-ring (bicyclic) bond motifs is 1. The van der Waals surface area contributed by atoms with E-state index < -0.39 is 0 Å². The number of nitriles is 1. The fourth-order valence-corrected chi connectivity index (χ4v) is 5.74. The van der Waals surface area contributed by atoms with Gasteiger partial charge in [-0.25, -0.2) is 4.39 Å². The zero-order valence-electron chi connectivity index (χ0n) is 28.0. The minimum atomic E-state index is -0.347. The summed E-state index contributed by atoms with van der Waals surface area (Å²) < 4.78 is 31.2. The van der Waals surface area contributed by atoms with Crippen molar-refractivity contribution in [2.24, 2.45) is 0 Å². The molecular weight excluding hydrogens is 661 g/mol. The highest BCUT2D eigenvalue weighted by Crippen LogP contribution is 2.38. The Kier molecular flexibility index (Phi) is 13.4. The Morgan fingerprint density at radius 3 is 2.80 bits per heavy atom. The van der Waals surface area contributed by atoms with Gasteiger partial charge in [-0.3, -0.25) is 9.78 Å². The number of nitrogens with one attached hydrogen (secondary N) is 2. The van der Waals surface area contributed by atoms with Crippen LogP contribution in [-0.2, 0) is 16.1 Å². The van der Waals surface area contributed by atoms with Gasteiger partial charge in [-0.2, -0.15) is 5.26 Å². The Balaban J connectivity index is 1.35. The maximum atomic E-state index is 13.6. The molecule has 0 saturated carbocycles. The number of nitrogens with zero attached hydrogens (tertiary/aromatic N) is 3. The second-order valence-electron chi connectivity index (χ2n) is 12.1. The first-order valence-corrected chi connectivity index (χ1v) is 17.0. The number of pyridine rings is 1. The number of amides is 1. The first-order valence-electron chi connectivity index (χ1n) is 16.6. The number of aromatic nitrogens is 1. The molecule has 3 N–H and O–H groups in total. The molecule has 3 aromatic carbocycles. The van der Waals surface area contributed by atoms with E-state index >= 15 is 0 Å². The first-order chi connectivity index (χ1) is 24.3. The van der Waals surface area contributed by atoms with E-state index in [1.165, 1.54) is 24.4 Å². The largest absolute Gasteiger partial charge is 0.487 e. The standard InChI is InChI=1S/C38H41ClFN5O5/c1-45(14-4-2-3-5-16-46)15-7-10-37(47)44-34-20-31-33(21-36(34)50-30-13-17-48-25-30)42-23-27(22-41)38(31)43-29-11-12-35(32(39)19-29)49-24-26-8-6-9-28(40)18-26/h6-12,18-21,23,30,46H,2-5,13-17,24-25H2,1H3,(H,42,43)(H,44,47)/b10-7+/t30-/m0/s1. The molecule has 10 nitrogen and oxygen atoms in total. The number of carbonyl (C=O) groups is 1. The van der Waals surface area contributed by atoms with Gasteiger partial charge in [0.1, 0.15) is 36.1 Å². The van der Waals surface area contributed by atoms with E-state index in [0.717, 1.165) is 32.2 Å². The van der Waals surface area contributed by atoms with Crippen LogP contribution in [0.3, 0.4) is 0 Å². The average molecular weight is 702 g/mol. The Bertz CT molecular complexity index is 1840. The summed E-state index contributed by atoms with van der Waals surface area (Å²) in [4.78, 5) is 19.8. The third-order valence-corrected chi connectivity index (χ3v) is 8.44. The van der Waals surface area contributed by atoms with E-state index in [-0.39, 0.29) is 36.6 Å². The molecule has 1 aliphatic rings. The monoisotopic (exact) mass is 701 g/mol. The van der Waals surface area contributed by atoms with Crippen molar-refractivity contribution in [1.82, 2.24) is 9.88 Å². The number of likely N-dealkylation sites (N-methyl/N-ethyl adjacent to an activating group) is 1. The first kappa shape index (κ1) is 36.5. The van der Waals surface area contributed by atoms with Gasteiger partial charge >= 0.3 is 0 Å². The summed E-state index contributed by atoms with van der Waals surface area (Å²) in [5.41, 5.74) is 3.00. The van der Waals surface area contributed by atoms with E-state index in [9.17, 15) is 14.4 Å². The number of rotatable bonds is 17. The number of carbonyl (C=O) groups excluding carboxylic acids is 1. The van der Waals surface area contributed by atoms with Crippen molar-refractivity contribution in [2.75, 3.05) is 50.6 Å². The van der Waals surface area contributed by atoms with Gasteiger partial charge in [-0.1, -0.05) is 42.7 Å². The number of halogens is 2. The topological polar surface area (TPSA) is 129 Å². The number of unbranched alkanes of at least 4 members (excludes halogenated alkanes) is 3. The summed E-state index contributed by atoms with van der Waals surface area (Å²) in [6, 6.07) is 17.0. The highest BCUT2D eigenvalue weighted by atomic mass is 35.5. The van der Waals surface area contributed by atoms with Crippen LogP contribution < -0.4 is 20.1 Å². The molecule has 1 amide bonds. The Hall–Kier alpha value is -4.73. The normalized spacial score (nSPS) is 14.3. The van der Waals surface area contributed by atoms with Crippen molar-refractivity contribution in [3.63, 3.8) is 0 Å². The van der Waals surface area contributed by atoms with Gasteiger partial charge in [0.25, 0.3) is 0 Å². The van der Waals surface area contributed by atoms with Crippen LogP contribution in [0.25, 0.3) is 10.9 Å². The summed E-state index contributed by atoms with van der Waals surface area (Å²) in [5, 5.41) is 26.1. The van der Waals surface area contributed by atoms with Gasteiger partial charge in [0.2, 0.25) is 5.91 Å². The van der Waals surface area contributed by atoms with E-state index in [1.807, 2.05) is 13.1 Å². The van der Waals surface area contributed by atoms with Gasteiger partial charge in [-0.05, 0) is 68.4 Å². The lowest BCUT2D eigenvalue weighted by molar-refractivity contribution is -0.111.